The molecule has 2 saturated heterocycles. The minimum Gasteiger partial charge on any atom is -0.508 e. The van der Waals surface area contributed by atoms with Crippen LogP contribution >= 0.6 is 0 Å². The third-order valence-corrected chi connectivity index (χ3v) is 6.18. The van der Waals surface area contributed by atoms with Crippen molar-refractivity contribution in [3.05, 3.63) is 29.8 Å². The second-order valence-electron chi connectivity index (χ2n) is 8.21. The molecule has 0 spiro atoms. The van der Waals surface area contributed by atoms with Crippen LogP contribution in [0.1, 0.15) is 37.7 Å². The van der Waals surface area contributed by atoms with Gasteiger partial charge in [0.1, 0.15) is 17.8 Å². The largest absolute Gasteiger partial charge is 0.508 e. The van der Waals surface area contributed by atoms with Crippen LogP contribution in [0.25, 0.3) is 0 Å². The number of nitrogens with zero attached hydrogens (tertiary/aromatic N) is 2. The van der Waals surface area contributed by atoms with E-state index < -0.39 is 12.1 Å². The maximum absolute atomic E-state index is 12.9. The predicted octanol–water partition coefficient (Wildman–Crippen LogP) is 0.988. The summed E-state index contributed by atoms with van der Waals surface area (Å²) in [5, 5.41) is 15.3. The first-order valence-electron chi connectivity index (χ1n) is 10.5. The topological polar surface area (TPSA) is 102 Å². The van der Waals surface area contributed by atoms with Crippen molar-refractivity contribution >= 4 is 17.8 Å². The number of nitrogens with one attached hydrogen (secondary N) is 2. The number of benzene rings is 1. The first-order valence-corrected chi connectivity index (χ1v) is 10.5. The average Bonchev–Trinajstić information content (AvgIpc) is 2.74. The smallest absolute Gasteiger partial charge is 0.317 e. The Bertz CT molecular complexity index is 775. The van der Waals surface area contributed by atoms with Crippen molar-refractivity contribution in [2.75, 3.05) is 19.6 Å². The normalized spacial score (nSPS) is 25.4. The third kappa shape index (κ3) is 4.31. The number of amides is 4. The SMILES string of the molecule is O=C1N[C@@H](Cc2ccc(O)cc2)C(=O)N2CCN(C(=O)NC3CCCCC3)C[C@@H]12. The minimum atomic E-state index is -0.635. The van der Waals surface area contributed by atoms with Gasteiger partial charge in [-0.25, -0.2) is 4.79 Å². The van der Waals surface area contributed by atoms with Crippen LogP contribution in [0.2, 0.25) is 0 Å². The van der Waals surface area contributed by atoms with E-state index in [1.807, 2.05) is 0 Å². The van der Waals surface area contributed by atoms with Crippen LogP contribution < -0.4 is 10.6 Å². The molecule has 3 N–H and O–H groups in total. The van der Waals surface area contributed by atoms with Gasteiger partial charge < -0.3 is 25.5 Å². The fourth-order valence-corrected chi connectivity index (χ4v) is 4.50. The molecule has 0 unspecified atom stereocenters. The first-order chi connectivity index (χ1) is 14.0. The predicted molar refractivity (Wildman–Crippen MR) is 106 cm³/mol. The summed E-state index contributed by atoms with van der Waals surface area (Å²) in [6, 6.07) is 5.45. The summed E-state index contributed by atoms with van der Waals surface area (Å²) in [6.07, 6.45) is 5.89. The van der Waals surface area contributed by atoms with Crippen LogP contribution in [0, 0.1) is 0 Å². The van der Waals surface area contributed by atoms with Gasteiger partial charge in [0, 0.05) is 25.6 Å². The number of fused-ring (bicyclic) bond motifs is 1. The first kappa shape index (κ1) is 19.5. The van der Waals surface area contributed by atoms with Crippen LogP contribution in [0.15, 0.2) is 24.3 Å². The maximum Gasteiger partial charge on any atom is 0.317 e. The monoisotopic (exact) mass is 400 g/mol. The molecule has 2 aliphatic heterocycles. The van der Waals surface area contributed by atoms with E-state index in [1.54, 1.807) is 34.1 Å². The number of phenolic OH excluding ortho intramolecular Hbond substituents is 1. The standard InChI is InChI=1S/C21H28N4O4/c26-16-8-6-14(7-9-16)12-17-20(28)25-11-10-24(13-18(25)19(27)23-17)21(29)22-15-4-2-1-3-5-15/h6-9,15,17-18,26H,1-5,10-13H2,(H,22,29)(H,23,27)/t17-,18-/m0/s1. The molecule has 0 bridgehead atoms. The van der Waals surface area contributed by atoms with Gasteiger partial charge in [-0.1, -0.05) is 31.4 Å². The molecule has 0 aromatic heterocycles. The van der Waals surface area contributed by atoms with Crippen LogP contribution in [0.4, 0.5) is 4.79 Å². The highest BCUT2D eigenvalue weighted by molar-refractivity contribution is 5.97. The number of aromatic hydroxyl groups is 1. The van der Waals surface area contributed by atoms with Crippen LogP contribution in [0.3, 0.4) is 0 Å². The fourth-order valence-electron chi connectivity index (χ4n) is 4.50. The zero-order valence-electron chi connectivity index (χ0n) is 16.5. The Kier molecular flexibility index (Phi) is 5.60. The Morgan fingerprint density at radius 1 is 1.10 bits per heavy atom. The van der Waals surface area contributed by atoms with E-state index in [0.29, 0.717) is 19.5 Å². The lowest BCUT2D eigenvalue weighted by Gasteiger charge is -2.45. The van der Waals surface area contributed by atoms with Crippen molar-refractivity contribution in [3.63, 3.8) is 0 Å². The minimum absolute atomic E-state index is 0.116. The summed E-state index contributed by atoms with van der Waals surface area (Å²) < 4.78 is 0. The van der Waals surface area contributed by atoms with Crippen LogP contribution in [0.5, 0.6) is 5.75 Å². The van der Waals surface area contributed by atoms with Gasteiger partial charge in [-0.2, -0.15) is 0 Å². The van der Waals surface area contributed by atoms with Crippen molar-refractivity contribution in [1.29, 1.82) is 0 Å². The van der Waals surface area contributed by atoms with Gasteiger partial charge in [0.2, 0.25) is 11.8 Å². The number of phenols is 1. The molecule has 8 nitrogen and oxygen atoms in total. The van der Waals surface area contributed by atoms with Gasteiger partial charge in [-0.3, -0.25) is 9.59 Å². The van der Waals surface area contributed by atoms with Crippen LogP contribution in [-0.2, 0) is 16.0 Å². The molecular formula is C21H28N4O4. The van der Waals surface area contributed by atoms with Gasteiger partial charge in [-0.05, 0) is 30.5 Å². The van der Waals surface area contributed by atoms with E-state index in [2.05, 4.69) is 10.6 Å². The van der Waals surface area contributed by atoms with E-state index in [0.717, 1.165) is 31.2 Å². The lowest BCUT2D eigenvalue weighted by molar-refractivity contribution is -0.152. The number of carbonyl (C=O) groups is 3. The number of urea groups is 1. The molecule has 2 atom stereocenters. The third-order valence-electron chi connectivity index (χ3n) is 6.18. The molecule has 3 fully saturated rings. The Labute approximate surface area is 170 Å². The molecule has 29 heavy (non-hydrogen) atoms. The molecule has 1 aromatic carbocycles. The molecule has 3 aliphatic rings. The van der Waals surface area contributed by atoms with E-state index in [-0.39, 0.29) is 36.2 Å². The second kappa shape index (κ2) is 8.31. The highest BCUT2D eigenvalue weighted by atomic mass is 16.3. The maximum atomic E-state index is 12.9. The molecule has 0 radical (unpaired) electrons. The summed E-state index contributed by atoms with van der Waals surface area (Å²) in [5.74, 6) is -0.172. The van der Waals surface area contributed by atoms with Gasteiger partial charge in [0.05, 0.1) is 6.54 Å². The highest BCUT2D eigenvalue weighted by Crippen LogP contribution is 2.21. The van der Waals surface area contributed by atoms with E-state index in [1.165, 1.54) is 6.42 Å². The summed E-state index contributed by atoms with van der Waals surface area (Å²) in [4.78, 5) is 41.5. The lowest BCUT2D eigenvalue weighted by atomic mass is 9.95. The Morgan fingerprint density at radius 2 is 1.83 bits per heavy atom. The molecule has 1 saturated carbocycles. The number of hydrogen-bond acceptors (Lipinski definition) is 4. The number of rotatable bonds is 3. The molecule has 2 heterocycles. The molecule has 1 aromatic rings. The molecule has 4 rings (SSSR count). The van der Waals surface area contributed by atoms with Crippen molar-refractivity contribution in [2.24, 2.45) is 0 Å². The molecule has 4 amide bonds. The second-order valence-corrected chi connectivity index (χ2v) is 8.21. The van der Waals surface area contributed by atoms with Crippen molar-refractivity contribution in [2.45, 2.75) is 56.7 Å². The molecule has 8 heteroatoms. The summed E-state index contributed by atoms with van der Waals surface area (Å²) >= 11 is 0. The van der Waals surface area contributed by atoms with E-state index >= 15 is 0 Å². The zero-order chi connectivity index (χ0) is 20.4. The van der Waals surface area contributed by atoms with E-state index in [4.69, 9.17) is 0 Å². The average molecular weight is 400 g/mol. The zero-order valence-corrected chi connectivity index (χ0v) is 16.5. The quantitative estimate of drug-likeness (QED) is 0.704. The van der Waals surface area contributed by atoms with E-state index in [9.17, 15) is 19.5 Å². The Morgan fingerprint density at radius 3 is 2.55 bits per heavy atom. The summed E-state index contributed by atoms with van der Waals surface area (Å²) in [7, 11) is 0. The van der Waals surface area contributed by atoms with Gasteiger partial charge in [0.15, 0.2) is 0 Å². The highest BCUT2D eigenvalue weighted by Gasteiger charge is 2.44. The summed E-state index contributed by atoms with van der Waals surface area (Å²) in [6.45, 7) is 1.02. The van der Waals surface area contributed by atoms with Gasteiger partial charge in [0.25, 0.3) is 0 Å². The van der Waals surface area contributed by atoms with Gasteiger partial charge >= 0.3 is 6.03 Å². The fraction of sp³-hybridized carbons (Fsp3) is 0.571. The Balaban J connectivity index is 1.36. The number of piperazine rings is 2. The number of hydrogen-bond donors (Lipinski definition) is 3. The van der Waals surface area contributed by atoms with Crippen molar-refractivity contribution in [3.8, 4) is 5.75 Å². The van der Waals surface area contributed by atoms with Crippen molar-refractivity contribution < 1.29 is 19.5 Å². The number of carbonyl (C=O) groups excluding carboxylic acids is 3. The Hall–Kier alpha value is -2.77. The van der Waals surface area contributed by atoms with Crippen molar-refractivity contribution in [1.82, 2.24) is 20.4 Å². The van der Waals surface area contributed by atoms with Crippen LogP contribution in [-0.4, -0.2) is 70.5 Å². The molecular weight excluding hydrogens is 372 g/mol. The molecule has 1 aliphatic carbocycles. The lowest BCUT2D eigenvalue weighted by Crippen LogP contribution is -2.70. The summed E-state index contributed by atoms with van der Waals surface area (Å²) in [5.41, 5.74) is 0.866. The molecule has 156 valence electrons. The van der Waals surface area contributed by atoms with Gasteiger partial charge in [-0.15, -0.1) is 0 Å².